The minimum absolute atomic E-state index is 1.29. The van der Waals surface area contributed by atoms with Gasteiger partial charge in [-0.15, -0.1) is 0 Å². The molecule has 0 aromatic rings. The molecule has 2 heteroatoms. The van der Waals surface area contributed by atoms with Crippen LogP contribution in [0.2, 0.25) is 0 Å². The molecule has 1 radical (unpaired) electrons. The van der Waals surface area contributed by atoms with Crippen LogP contribution in [0, 0.1) is 0 Å². The van der Waals surface area contributed by atoms with Gasteiger partial charge in [0.1, 0.15) is 6.26 Å². The van der Waals surface area contributed by atoms with Crippen LogP contribution in [-0.2, 0) is 4.84 Å². The lowest BCUT2D eigenvalue weighted by Gasteiger charge is -1.73. The normalized spacial score (nSPS) is 9.20. The largest absolute Gasteiger partial charge is 0.399 e. The van der Waals surface area contributed by atoms with Crippen LogP contribution in [0.5, 0.6) is 0 Å². The van der Waals surface area contributed by atoms with Crippen molar-refractivity contribution in [3.8, 4) is 0 Å². The van der Waals surface area contributed by atoms with Gasteiger partial charge in [0.15, 0.2) is 0 Å². The molecular weight excluding hydrogens is 66.0 g/mol. The third-order valence-electron chi connectivity index (χ3n) is 0.204. The van der Waals surface area contributed by atoms with Gasteiger partial charge in [0.2, 0.25) is 0 Å². The first-order valence-corrected chi connectivity index (χ1v) is 1.35. The van der Waals surface area contributed by atoms with Gasteiger partial charge < -0.3 is 4.84 Å². The molecule has 0 rings (SSSR count). The van der Waals surface area contributed by atoms with Crippen LogP contribution < -0.4 is 5.90 Å². The van der Waals surface area contributed by atoms with Crippen LogP contribution in [0.1, 0.15) is 6.92 Å². The first kappa shape index (κ1) is 4.50. The van der Waals surface area contributed by atoms with Gasteiger partial charge in [-0.2, -0.15) is 0 Å². The third kappa shape index (κ3) is 3.50. The van der Waals surface area contributed by atoms with E-state index < -0.39 is 0 Å². The van der Waals surface area contributed by atoms with E-state index in [-0.39, 0.29) is 0 Å². The summed E-state index contributed by atoms with van der Waals surface area (Å²) in [6.45, 7) is 1.79. The number of rotatable bonds is 1. The molecule has 0 aromatic heterocycles. The minimum Gasteiger partial charge on any atom is -0.399 e. The van der Waals surface area contributed by atoms with Crippen molar-refractivity contribution >= 4 is 0 Å². The molecule has 0 aliphatic carbocycles. The van der Waals surface area contributed by atoms with E-state index in [1.807, 2.05) is 0 Å². The maximum Gasteiger partial charge on any atom is 0.109 e. The summed E-state index contributed by atoms with van der Waals surface area (Å²) in [5.41, 5.74) is 0. The zero-order valence-electron chi connectivity index (χ0n) is 3.06. The van der Waals surface area contributed by atoms with Crippen molar-refractivity contribution in [2.24, 2.45) is 0 Å². The predicted octanol–water partition coefficient (Wildman–Crippen LogP) is 0.734. The van der Waals surface area contributed by atoms with Crippen LogP contribution in [0.3, 0.4) is 0 Å². The molecule has 0 bridgehead atoms. The summed E-state index contributed by atoms with van der Waals surface area (Å²) in [6.07, 6.45) is 2.94. The molecule has 0 atom stereocenters. The Bertz CT molecular complexity index is 33.9. The highest BCUT2D eigenvalue weighted by molar-refractivity contribution is 4.62. The quantitative estimate of drug-likeness (QED) is 0.332. The summed E-state index contributed by atoms with van der Waals surface area (Å²) in [6, 6.07) is 0. The van der Waals surface area contributed by atoms with Crippen LogP contribution in [0.25, 0.3) is 0 Å². The SMILES string of the molecule is C/C=C\O[NH]. The fourth-order valence-electron chi connectivity index (χ4n) is 0.0680. The summed E-state index contributed by atoms with van der Waals surface area (Å²) >= 11 is 0. The van der Waals surface area contributed by atoms with Crippen LogP contribution in [0.4, 0.5) is 0 Å². The summed E-state index contributed by atoms with van der Waals surface area (Å²) in [4.78, 5) is 3.76. The van der Waals surface area contributed by atoms with Crippen molar-refractivity contribution in [3.05, 3.63) is 12.3 Å². The summed E-state index contributed by atoms with van der Waals surface area (Å²) in [7, 11) is 0. The molecule has 0 fully saturated rings. The molecule has 0 saturated carbocycles. The highest BCUT2D eigenvalue weighted by atomic mass is 16.6. The lowest BCUT2D eigenvalue weighted by atomic mass is 10.7. The summed E-state index contributed by atoms with van der Waals surface area (Å²) < 4.78 is 0. The second-order valence-electron chi connectivity index (χ2n) is 0.587. The van der Waals surface area contributed by atoms with Crippen molar-refractivity contribution in [1.82, 2.24) is 5.90 Å². The number of allylic oxidation sites excluding steroid dienone is 1. The standard InChI is InChI=1S/C3H6NO/c1-2-3-5-4/h2-4H,1H3/b3-2-. The molecule has 1 N–H and O–H groups in total. The number of hydrogen-bond donors (Lipinski definition) is 0. The molecule has 0 unspecified atom stereocenters. The average molecular weight is 72.1 g/mol. The monoisotopic (exact) mass is 72.0 g/mol. The minimum atomic E-state index is 1.29. The molecule has 29 valence electrons. The Morgan fingerprint density at radius 3 is 2.40 bits per heavy atom. The Hall–Kier alpha value is -0.500. The van der Waals surface area contributed by atoms with Gasteiger partial charge in [-0.05, 0) is 6.92 Å². The number of hydrogen-bond acceptors (Lipinski definition) is 1. The highest BCUT2D eigenvalue weighted by Gasteiger charge is 1.49. The fraction of sp³-hybridized carbons (Fsp3) is 0.333. The van der Waals surface area contributed by atoms with Crippen LogP contribution >= 0.6 is 0 Å². The van der Waals surface area contributed by atoms with Crippen molar-refractivity contribution in [3.63, 3.8) is 0 Å². The lowest BCUT2D eigenvalue weighted by molar-refractivity contribution is 0.236. The molecule has 0 aliphatic rings. The molecule has 0 spiro atoms. The first-order chi connectivity index (χ1) is 2.41. The Labute approximate surface area is 31.2 Å². The van der Waals surface area contributed by atoms with E-state index in [1.54, 1.807) is 13.0 Å². The van der Waals surface area contributed by atoms with E-state index in [4.69, 9.17) is 5.90 Å². The molecule has 2 nitrogen and oxygen atoms in total. The second-order valence-corrected chi connectivity index (χ2v) is 0.587. The first-order valence-electron chi connectivity index (χ1n) is 1.35. The van der Waals surface area contributed by atoms with Crippen molar-refractivity contribution in [2.75, 3.05) is 0 Å². The van der Waals surface area contributed by atoms with Gasteiger partial charge in [-0.1, -0.05) is 12.0 Å². The van der Waals surface area contributed by atoms with Gasteiger partial charge in [-0.3, -0.25) is 0 Å². The average Bonchev–Trinajstić information content (AvgIpc) is 1.41. The van der Waals surface area contributed by atoms with Crippen LogP contribution in [0.15, 0.2) is 12.3 Å². The molecular formula is C3H6NO. The van der Waals surface area contributed by atoms with Crippen molar-refractivity contribution in [2.45, 2.75) is 6.92 Å². The topological polar surface area (TPSA) is 33.0 Å². The number of nitrogens with one attached hydrogen (secondary N) is 1. The van der Waals surface area contributed by atoms with Gasteiger partial charge in [0, 0.05) is 0 Å². The Kier molecular flexibility index (Phi) is 3.15. The second kappa shape index (κ2) is 3.50. The molecule has 0 heterocycles. The predicted molar refractivity (Wildman–Crippen MR) is 19.0 cm³/mol. The molecule has 5 heavy (non-hydrogen) atoms. The smallest absolute Gasteiger partial charge is 0.109 e. The molecule has 0 aromatic carbocycles. The van der Waals surface area contributed by atoms with E-state index in [2.05, 4.69) is 4.84 Å². The van der Waals surface area contributed by atoms with Gasteiger partial charge in [-0.25, -0.2) is 0 Å². The van der Waals surface area contributed by atoms with E-state index in [1.165, 1.54) is 6.26 Å². The van der Waals surface area contributed by atoms with Crippen molar-refractivity contribution in [1.29, 1.82) is 0 Å². The van der Waals surface area contributed by atoms with Crippen molar-refractivity contribution < 1.29 is 4.84 Å². The zero-order valence-corrected chi connectivity index (χ0v) is 3.06. The fourth-order valence-corrected chi connectivity index (χ4v) is 0.0680. The maximum absolute atomic E-state index is 6.02. The van der Waals surface area contributed by atoms with Gasteiger partial charge in [0.05, 0.1) is 0 Å². The zero-order chi connectivity index (χ0) is 4.12. The Morgan fingerprint density at radius 1 is 1.80 bits per heavy atom. The molecule has 0 saturated heterocycles. The van der Waals surface area contributed by atoms with Gasteiger partial charge >= 0.3 is 0 Å². The lowest BCUT2D eigenvalue weighted by Crippen LogP contribution is -1.64. The van der Waals surface area contributed by atoms with E-state index >= 15 is 0 Å². The van der Waals surface area contributed by atoms with Gasteiger partial charge in [0.25, 0.3) is 0 Å². The Balaban J connectivity index is 2.62. The Morgan fingerprint density at radius 2 is 2.40 bits per heavy atom. The van der Waals surface area contributed by atoms with E-state index in [9.17, 15) is 0 Å². The van der Waals surface area contributed by atoms with Crippen LogP contribution in [-0.4, -0.2) is 0 Å². The highest BCUT2D eigenvalue weighted by Crippen LogP contribution is 1.62. The maximum atomic E-state index is 6.02. The summed E-state index contributed by atoms with van der Waals surface area (Å²) in [5.74, 6) is 6.02. The molecule has 0 aliphatic heterocycles. The molecule has 0 amide bonds. The summed E-state index contributed by atoms with van der Waals surface area (Å²) in [5, 5.41) is 0. The van der Waals surface area contributed by atoms with E-state index in [0.29, 0.717) is 0 Å². The van der Waals surface area contributed by atoms with E-state index in [0.717, 1.165) is 0 Å². The third-order valence-corrected chi connectivity index (χ3v) is 0.204.